The molecule has 0 radical (unpaired) electrons. The van der Waals surface area contributed by atoms with Crippen LogP contribution in [0.2, 0.25) is 0 Å². The Hall–Kier alpha value is -3.24. The first-order valence-electron chi connectivity index (χ1n) is 9.00. The third-order valence-electron chi connectivity index (χ3n) is 4.71. The predicted octanol–water partition coefficient (Wildman–Crippen LogP) is 3.77. The van der Waals surface area contributed by atoms with Crippen LogP contribution in [-0.2, 0) is 19.6 Å². The molecule has 0 bridgehead atoms. The van der Waals surface area contributed by atoms with Crippen molar-refractivity contribution in [3.8, 4) is 0 Å². The van der Waals surface area contributed by atoms with E-state index in [1.54, 1.807) is 24.3 Å². The molecule has 4 nitrogen and oxygen atoms in total. The van der Waals surface area contributed by atoms with Crippen LogP contribution in [0.25, 0.3) is 0 Å². The first-order valence-corrected chi connectivity index (χ1v) is 9.00. The van der Waals surface area contributed by atoms with E-state index in [2.05, 4.69) is 17.4 Å². The van der Waals surface area contributed by atoms with Gasteiger partial charge in [0.1, 0.15) is 0 Å². The fourth-order valence-electron chi connectivity index (χ4n) is 3.35. The van der Waals surface area contributed by atoms with E-state index in [0.29, 0.717) is 17.7 Å². The number of carbonyl (C=O) groups is 2. The fraction of sp³-hybridized carbons (Fsp3) is 0.130. The van der Waals surface area contributed by atoms with E-state index < -0.39 is 0 Å². The zero-order valence-corrected chi connectivity index (χ0v) is 14.9. The van der Waals surface area contributed by atoms with Crippen molar-refractivity contribution in [3.63, 3.8) is 0 Å². The molecule has 0 aromatic heterocycles. The van der Waals surface area contributed by atoms with Gasteiger partial charge in [-0.2, -0.15) is 0 Å². The van der Waals surface area contributed by atoms with E-state index >= 15 is 0 Å². The molecule has 2 amide bonds. The predicted molar refractivity (Wildman–Crippen MR) is 104 cm³/mol. The summed E-state index contributed by atoms with van der Waals surface area (Å²) in [5.74, 6) is -0.439. The summed E-state index contributed by atoms with van der Waals surface area (Å²) in [6, 6.07) is 25.2. The molecular formula is C23H20N2O2. The number of rotatable bonds is 6. The number of imide groups is 1. The van der Waals surface area contributed by atoms with Crippen LogP contribution in [0.1, 0.15) is 37.4 Å². The van der Waals surface area contributed by atoms with Gasteiger partial charge < -0.3 is 5.32 Å². The van der Waals surface area contributed by atoms with Gasteiger partial charge in [0, 0.05) is 13.1 Å². The lowest BCUT2D eigenvalue weighted by atomic mass is 10.1. The van der Waals surface area contributed by atoms with E-state index in [1.165, 1.54) is 10.5 Å². The first kappa shape index (κ1) is 17.2. The lowest BCUT2D eigenvalue weighted by Crippen LogP contribution is -2.29. The average molecular weight is 356 g/mol. The van der Waals surface area contributed by atoms with E-state index in [4.69, 9.17) is 0 Å². The van der Waals surface area contributed by atoms with E-state index in [0.717, 1.165) is 24.2 Å². The number of hydrogen-bond donors (Lipinski definition) is 1. The third kappa shape index (κ3) is 3.66. The fourth-order valence-corrected chi connectivity index (χ4v) is 3.35. The first-order chi connectivity index (χ1) is 13.2. The van der Waals surface area contributed by atoms with Crippen molar-refractivity contribution in [2.75, 3.05) is 0 Å². The summed E-state index contributed by atoms with van der Waals surface area (Å²) in [5.41, 5.74) is 4.29. The highest BCUT2D eigenvalue weighted by Crippen LogP contribution is 2.24. The van der Waals surface area contributed by atoms with Crippen molar-refractivity contribution in [2.45, 2.75) is 19.6 Å². The van der Waals surface area contributed by atoms with Crippen molar-refractivity contribution < 1.29 is 9.59 Å². The van der Waals surface area contributed by atoms with Gasteiger partial charge in [-0.25, -0.2) is 0 Å². The molecule has 4 rings (SSSR count). The summed E-state index contributed by atoms with van der Waals surface area (Å²) in [7, 11) is 0. The quantitative estimate of drug-likeness (QED) is 0.684. The monoisotopic (exact) mass is 356 g/mol. The normalized spacial score (nSPS) is 13.1. The van der Waals surface area contributed by atoms with Gasteiger partial charge in [-0.1, -0.05) is 66.7 Å². The standard InChI is InChI=1S/C23H20N2O2/c26-22-20-11-4-5-12-21(20)23(27)25(22)16-19-10-6-9-18(13-19)15-24-14-17-7-2-1-3-8-17/h1-13,24H,14-16H2. The Bertz CT molecular complexity index is 947. The van der Waals surface area contributed by atoms with Crippen LogP contribution in [0.5, 0.6) is 0 Å². The highest BCUT2D eigenvalue weighted by Gasteiger charge is 2.34. The van der Waals surface area contributed by atoms with Crippen LogP contribution >= 0.6 is 0 Å². The van der Waals surface area contributed by atoms with Crippen LogP contribution in [0.4, 0.5) is 0 Å². The molecule has 0 saturated heterocycles. The minimum absolute atomic E-state index is 0.219. The molecule has 4 heteroatoms. The maximum absolute atomic E-state index is 12.5. The van der Waals surface area contributed by atoms with E-state index in [9.17, 15) is 9.59 Å². The van der Waals surface area contributed by atoms with Gasteiger partial charge in [0.15, 0.2) is 0 Å². The Labute approximate surface area is 158 Å². The molecule has 1 N–H and O–H groups in total. The number of benzene rings is 3. The van der Waals surface area contributed by atoms with E-state index in [-0.39, 0.29) is 11.8 Å². The van der Waals surface area contributed by atoms with Crippen LogP contribution in [-0.4, -0.2) is 16.7 Å². The lowest BCUT2D eigenvalue weighted by molar-refractivity contribution is 0.0642. The molecule has 3 aromatic carbocycles. The SMILES string of the molecule is O=C1c2ccccc2C(=O)N1Cc1cccc(CNCc2ccccc2)c1. The van der Waals surface area contributed by atoms with Crippen LogP contribution in [0, 0.1) is 0 Å². The molecule has 0 fully saturated rings. The van der Waals surface area contributed by atoms with Crippen molar-refractivity contribution in [3.05, 3.63) is 107 Å². The van der Waals surface area contributed by atoms with Gasteiger partial charge in [-0.15, -0.1) is 0 Å². The number of nitrogens with one attached hydrogen (secondary N) is 1. The lowest BCUT2D eigenvalue weighted by Gasteiger charge is -2.15. The molecule has 1 aliphatic rings. The Morgan fingerprint density at radius 1 is 0.630 bits per heavy atom. The number of nitrogens with zero attached hydrogens (tertiary/aromatic N) is 1. The van der Waals surface area contributed by atoms with Crippen molar-refractivity contribution >= 4 is 11.8 Å². The molecule has 0 unspecified atom stereocenters. The molecule has 0 saturated carbocycles. The largest absolute Gasteiger partial charge is 0.309 e. The average Bonchev–Trinajstić information content (AvgIpc) is 2.94. The molecule has 0 spiro atoms. The molecule has 1 aliphatic heterocycles. The van der Waals surface area contributed by atoms with Crippen molar-refractivity contribution in [2.24, 2.45) is 0 Å². The highest BCUT2D eigenvalue weighted by atomic mass is 16.2. The Kier molecular flexibility index (Phi) is 4.81. The van der Waals surface area contributed by atoms with Crippen molar-refractivity contribution in [1.82, 2.24) is 10.2 Å². The number of fused-ring (bicyclic) bond motifs is 1. The maximum Gasteiger partial charge on any atom is 0.261 e. The van der Waals surface area contributed by atoms with Gasteiger partial charge in [-0.3, -0.25) is 14.5 Å². The summed E-state index contributed by atoms with van der Waals surface area (Å²) >= 11 is 0. The van der Waals surface area contributed by atoms with Gasteiger partial charge in [0.05, 0.1) is 17.7 Å². The Morgan fingerprint density at radius 2 is 1.19 bits per heavy atom. The van der Waals surface area contributed by atoms with Gasteiger partial charge in [-0.05, 0) is 28.8 Å². The zero-order valence-electron chi connectivity index (χ0n) is 14.9. The third-order valence-corrected chi connectivity index (χ3v) is 4.71. The summed E-state index contributed by atoms with van der Waals surface area (Å²) in [6.45, 7) is 1.81. The number of amides is 2. The van der Waals surface area contributed by atoms with Crippen LogP contribution in [0.3, 0.4) is 0 Å². The maximum atomic E-state index is 12.5. The summed E-state index contributed by atoms with van der Waals surface area (Å²) in [4.78, 5) is 26.4. The van der Waals surface area contributed by atoms with Gasteiger partial charge in [0.2, 0.25) is 0 Å². The van der Waals surface area contributed by atoms with Gasteiger partial charge in [0.25, 0.3) is 11.8 Å². The summed E-state index contributed by atoms with van der Waals surface area (Å²) < 4.78 is 0. The Morgan fingerprint density at radius 3 is 1.89 bits per heavy atom. The highest BCUT2D eigenvalue weighted by molar-refractivity contribution is 6.21. The Balaban J connectivity index is 1.41. The molecule has 134 valence electrons. The summed E-state index contributed by atoms with van der Waals surface area (Å²) in [6.07, 6.45) is 0. The number of carbonyl (C=O) groups excluding carboxylic acids is 2. The van der Waals surface area contributed by atoms with E-state index in [1.807, 2.05) is 42.5 Å². The second-order valence-corrected chi connectivity index (χ2v) is 6.65. The van der Waals surface area contributed by atoms with Gasteiger partial charge >= 0.3 is 0 Å². The van der Waals surface area contributed by atoms with Crippen LogP contribution < -0.4 is 5.32 Å². The summed E-state index contributed by atoms with van der Waals surface area (Å²) in [5, 5.41) is 3.42. The van der Waals surface area contributed by atoms with Crippen LogP contribution in [0.15, 0.2) is 78.9 Å². The second kappa shape index (κ2) is 7.56. The second-order valence-electron chi connectivity index (χ2n) is 6.65. The smallest absolute Gasteiger partial charge is 0.261 e. The topological polar surface area (TPSA) is 49.4 Å². The number of hydrogen-bond acceptors (Lipinski definition) is 3. The zero-order chi connectivity index (χ0) is 18.6. The molecule has 0 aliphatic carbocycles. The molecule has 0 atom stereocenters. The molecule has 3 aromatic rings. The molecule has 27 heavy (non-hydrogen) atoms. The molecule has 1 heterocycles. The minimum atomic E-state index is -0.219. The molecular weight excluding hydrogens is 336 g/mol. The van der Waals surface area contributed by atoms with Crippen molar-refractivity contribution in [1.29, 1.82) is 0 Å². The minimum Gasteiger partial charge on any atom is -0.309 e.